The molecule has 0 bridgehead atoms. The molecule has 2 aromatic heterocycles. The number of rotatable bonds is 5. The lowest BCUT2D eigenvalue weighted by atomic mass is 9.35. The summed E-state index contributed by atoms with van der Waals surface area (Å²) in [6, 6.07) is 53.4. The van der Waals surface area contributed by atoms with Crippen molar-refractivity contribution in [3.05, 3.63) is 169 Å². The highest BCUT2D eigenvalue weighted by molar-refractivity contribution is 6.91. The van der Waals surface area contributed by atoms with Crippen molar-refractivity contribution < 1.29 is 0 Å². The van der Waals surface area contributed by atoms with Crippen LogP contribution < -0.4 is 10.9 Å². The second kappa shape index (κ2) is 10.6. The van der Waals surface area contributed by atoms with E-state index in [9.17, 15) is 0 Å². The van der Waals surface area contributed by atoms with Crippen LogP contribution in [0.4, 0.5) is 0 Å². The van der Waals surface area contributed by atoms with Gasteiger partial charge in [-0.2, -0.15) is 0 Å². The first-order valence-electron chi connectivity index (χ1n) is 15.9. The monoisotopic (exact) mass is 574 g/mol. The van der Waals surface area contributed by atoms with Crippen LogP contribution in [0.5, 0.6) is 0 Å². The summed E-state index contributed by atoms with van der Waals surface area (Å²) >= 11 is 0. The van der Waals surface area contributed by atoms with Crippen molar-refractivity contribution in [1.29, 1.82) is 0 Å². The summed E-state index contributed by atoms with van der Waals surface area (Å²) in [5.41, 5.74) is 11.4. The minimum Gasteiger partial charge on any atom is -0.307 e. The fraction of sp³-hybridized carbons (Fsp3) is 0.0476. The zero-order chi connectivity index (χ0) is 29.7. The van der Waals surface area contributed by atoms with Gasteiger partial charge in [0.05, 0.1) is 22.1 Å². The Balaban J connectivity index is 1.38. The molecule has 1 aliphatic rings. The number of hydrogen-bond donors (Lipinski definition) is 0. The van der Waals surface area contributed by atoms with Gasteiger partial charge in [-0.15, -0.1) is 0 Å². The fourth-order valence-electron chi connectivity index (χ4n) is 7.59. The average Bonchev–Trinajstić information content (AvgIpc) is 3.63. The van der Waals surface area contributed by atoms with E-state index < -0.39 is 0 Å². The molecular formula is C42H31BN2. The highest BCUT2D eigenvalue weighted by atomic mass is 15.0. The molecule has 1 aliphatic carbocycles. The summed E-state index contributed by atoms with van der Waals surface area (Å²) in [6.45, 7) is 0.208. The maximum Gasteiger partial charge on any atom is 0.237 e. The summed E-state index contributed by atoms with van der Waals surface area (Å²) in [4.78, 5) is 0. The Labute approximate surface area is 263 Å². The van der Waals surface area contributed by atoms with E-state index in [0.717, 1.165) is 12.8 Å². The Bertz CT molecular complexity index is 2430. The maximum atomic E-state index is 2.51. The lowest BCUT2D eigenvalue weighted by molar-refractivity contribution is 1.01. The van der Waals surface area contributed by atoms with Crippen molar-refractivity contribution in [1.82, 2.24) is 9.13 Å². The second-order valence-electron chi connectivity index (χ2n) is 12.0. The number of benzene rings is 6. The molecule has 2 nitrogen and oxygen atoms in total. The van der Waals surface area contributed by atoms with Gasteiger partial charge in [-0.1, -0.05) is 144 Å². The van der Waals surface area contributed by atoms with Gasteiger partial charge in [0, 0.05) is 32.9 Å². The predicted octanol–water partition coefficient (Wildman–Crippen LogP) is 9.31. The first-order valence-corrected chi connectivity index (χ1v) is 15.9. The van der Waals surface area contributed by atoms with E-state index in [4.69, 9.17) is 0 Å². The molecule has 0 unspecified atom stereocenters. The predicted molar refractivity (Wildman–Crippen MR) is 193 cm³/mol. The van der Waals surface area contributed by atoms with Gasteiger partial charge in [0.25, 0.3) is 0 Å². The van der Waals surface area contributed by atoms with Crippen molar-refractivity contribution in [3.8, 4) is 11.4 Å². The lowest BCUT2D eigenvalue weighted by Gasteiger charge is -2.21. The van der Waals surface area contributed by atoms with E-state index in [0.29, 0.717) is 0 Å². The zero-order valence-corrected chi connectivity index (χ0v) is 25.0. The van der Waals surface area contributed by atoms with Crippen molar-refractivity contribution >= 4 is 61.3 Å². The number of nitrogens with zero attached hydrogens (tertiary/aromatic N) is 2. The number of hydrogen-bond acceptors (Lipinski definition) is 0. The average molecular weight is 575 g/mol. The Hall–Kier alpha value is -5.54. The Morgan fingerprint density at radius 1 is 0.467 bits per heavy atom. The summed E-state index contributed by atoms with van der Waals surface area (Å²) in [6.07, 6.45) is 9.00. The SMILES string of the molecule is C1=CCCC(B(c2ccccc2)c2cccc(-n3c4ccccc4c4ccc5c6ccccc6n(-c6ccccc6)c5c43)c2)=C1. The van der Waals surface area contributed by atoms with E-state index in [1.165, 1.54) is 71.4 Å². The molecule has 9 rings (SSSR count). The van der Waals surface area contributed by atoms with E-state index in [2.05, 4.69) is 173 Å². The fourth-order valence-corrected chi connectivity index (χ4v) is 7.59. The zero-order valence-electron chi connectivity index (χ0n) is 25.0. The van der Waals surface area contributed by atoms with Crippen LogP contribution in [0.25, 0.3) is 55.0 Å². The third-order valence-electron chi connectivity index (χ3n) is 9.49. The second-order valence-corrected chi connectivity index (χ2v) is 12.0. The standard InChI is InChI=1S/C42H31BN2/c1-4-15-30(16-5-1)43(31-17-6-2-7-18-31)32-19-14-22-34(29-32)45-40-26-13-11-24-36(40)38-28-27-37-35-23-10-12-25-39(35)44(41(37)42(38)45)33-20-8-3-9-21-33/h1-6,8-17,19-29H,7,18H2. The summed E-state index contributed by atoms with van der Waals surface area (Å²) < 4.78 is 4.96. The molecule has 0 fully saturated rings. The Morgan fingerprint density at radius 3 is 1.67 bits per heavy atom. The van der Waals surface area contributed by atoms with Gasteiger partial charge in [-0.25, -0.2) is 0 Å². The molecule has 0 amide bonds. The van der Waals surface area contributed by atoms with Gasteiger partial charge in [0.1, 0.15) is 0 Å². The van der Waals surface area contributed by atoms with Gasteiger partial charge in [-0.3, -0.25) is 0 Å². The molecule has 2 heterocycles. The topological polar surface area (TPSA) is 9.86 Å². The molecule has 0 saturated carbocycles. The van der Waals surface area contributed by atoms with Crippen LogP contribution in [0.3, 0.4) is 0 Å². The molecule has 8 aromatic rings. The van der Waals surface area contributed by atoms with Crippen molar-refractivity contribution in [2.45, 2.75) is 12.8 Å². The molecule has 0 spiro atoms. The third kappa shape index (κ3) is 4.12. The highest BCUT2D eigenvalue weighted by Gasteiger charge is 2.26. The lowest BCUT2D eigenvalue weighted by Crippen LogP contribution is -2.44. The van der Waals surface area contributed by atoms with Gasteiger partial charge in [0.2, 0.25) is 6.71 Å². The normalized spacial score (nSPS) is 13.2. The highest BCUT2D eigenvalue weighted by Crippen LogP contribution is 2.41. The van der Waals surface area contributed by atoms with Crippen molar-refractivity contribution in [3.63, 3.8) is 0 Å². The van der Waals surface area contributed by atoms with Crippen LogP contribution in [0.1, 0.15) is 12.8 Å². The summed E-state index contributed by atoms with van der Waals surface area (Å²) in [7, 11) is 0. The van der Waals surface area contributed by atoms with Gasteiger partial charge < -0.3 is 9.13 Å². The molecule has 0 saturated heterocycles. The minimum atomic E-state index is 0.208. The van der Waals surface area contributed by atoms with E-state index >= 15 is 0 Å². The number of allylic oxidation sites excluding steroid dienone is 4. The molecule has 0 N–H and O–H groups in total. The molecule has 0 radical (unpaired) electrons. The van der Waals surface area contributed by atoms with Crippen LogP contribution in [-0.2, 0) is 0 Å². The third-order valence-corrected chi connectivity index (χ3v) is 9.49. The van der Waals surface area contributed by atoms with Crippen molar-refractivity contribution in [2.24, 2.45) is 0 Å². The molecule has 0 aliphatic heterocycles. The largest absolute Gasteiger partial charge is 0.307 e. The molecule has 45 heavy (non-hydrogen) atoms. The van der Waals surface area contributed by atoms with Crippen LogP contribution in [0.15, 0.2) is 169 Å². The summed E-state index contributed by atoms with van der Waals surface area (Å²) in [5.74, 6) is 0. The van der Waals surface area contributed by atoms with Gasteiger partial charge in [-0.05, 0) is 49.2 Å². The Kier molecular flexibility index (Phi) is 6.09. The van der Waals surface area contributed by atoms with E-state index in [-0.39, 0.29) is 6.71 Å². The van der Waals surface area contributed by atoms with Crippen LogP contribution in [-0.4, -0.2) is 15.8 Å². The van der Waals surface area contributed by atoms with Crippen LogP contribution in [0.2, 0.25) is 0 Å². The van der Waals surface area contributed by atoms with E-state index in [1.807, 2.05) is 0 Å². The first kappa shape index (κ1) is 25.9. The van der Waals surface area contributed by atoms with E-state index in [1.54, 1.807) is 0 Å². The minimum absolute atomic E-state index is 0.208. The smallest absolute Gasteiger partial charge is 0.237 e. The summed E-state index contributed by atoms with van der Waals surface area (Å²) in [5, 5.41) is 5.07. The van der Waals surface area contributed by atoms with Gasteiger partial charge in [0.15, 0.2) is 0 Å². The molecule has 3 heteroatoms. The van der Waals surface area contributed by atoms with Crippen LogP contribution >= 0.6 is 0 Å². The first-order chi connectivity index (χ1) is 22.4. The maximum absolute atomic E-state index is 2.51. The quantitative estimate of drug-likeness (QED) is 0.181. The number of para-hydroxylation sites is 3. The Morgan fingerprint density at radius 2 is 1.02 bits per heavy atom. The van der Waals surface area contributed by atoms with Crippen molar-refractivity contribution in [2.75, 3.05) is 0 Å². The number of fused-ring (bicyclic) bond motifs is 7. The molecular weight excluding hydrogens is 543 g/mol. The molecule has 212 valence electrons. The van der Waals surface area contributed by atoms with Crippen LogP contribution in [0, 0.1) is 0 Å². The van der Waals surface area contributed by atoms with Gasteiger partial charge >= 0.3 is 0 Å². The number of aromatic nitrogens is 2. The molecule has 6 aromatic carbocycles. The molecule has 0 atom stereocenters.